The maximum Gasteiger partial charge on any atom is 0.223 e. The first-order valence-electron chi connectivity index (χ1n) is 11.1. The summed E-state index contributed by atoms with van der Waals surface area (Å²) >= 11 is 0. The van der Waals surface area contributed by atoms with Gasteiger partial charge in [-0.05, 0) is 80.2 Å². The predicted octanol–water partition coefficient (Wildman–Crippen LogP) is 3.72. The molecule has 1 amide bonds. The van der Waals surface area contributed by atoms with Gasteiger partial charge in [0.1, 0.15) is 0 Å². The lowest BCUT2D eigenvalue weighted by Crippen LogP contribution is -2.48. The maximum absolute atomic E-state index is 13.2. The van der Waals surface area contributed by atoms with Gasteiger partial charge in [-0.3, -0.25) is 14.7 Å². The molecule has 5 fully saturated rings. The molecule has 0 spiro atoms. The molecule has 27 heavy (non-hydrogen) atoms. The van der Waals surface area contributed by atoms with Crippen LogP contribution in [0.5, 0.6) is 0 Å². The molecule has 4 aliphatic carbocycles. The second-order valence-corrected chi connectivity index (χ2v) is 9.93. The van der Waals surface area contributed by atoms with Gasteiger partial charge in [-0.2, -0.15) is 0 Å². The Morgan fingerprint density at radius 3 is 2.41 bits per heavy atom. The van der Waals surface area contributed by atoms with Crippen molar-refractivity contribution in [2.45, 2.75) is 57.9 Å². The van der Waals surface area contributed by atoms with E-state index in [0.29, 0.717) is 11.3 Å². The zero-order chi connectivity index (χ0) is 18.3. The fourth-order valence-corrected chi connectivity index (χ4v) is 7.04. The first-order valence-corrected chi connectivity index (χ1v) is 11.1. The van der Waals surface area contributed by atoms with Crippen molar-refractivity contribution in [1.82, 2.24) is 14.8 Å². The van der Waals surface area contributed by atoms with E-state index in [4.69, 9.17) is 0 Å². The van der Waals surface area contributed by atoms with Crippen LogP contribution < -0.4 is 0 Å². The summed E-state index contributed by atoms with van der Waals surface area (Å²) < 4.78 is 0. The van der Waals surface area contributed by atoms with E-state index in [2.05, 4.69) is 26.9 Å². The van der Waals surface area contributed by atoms with Crippen molar-refractivity contribution in [3.8, 4) is 0 Å². The van der Waals surface area contributed by atoms with Crippen molar-refractivity contribution < 1.29 is 4.79 Å². The molecule has 0 N–H and O–H groups in total. The van der Waals surface area contributed by atoms with E-state index in [0.717, 1.165) is 69.0 Å². The zero-order valence-corrected chi connectivity index (χ0v) is 16.5. The SMILES string of the molecule is O=C(CC12CC3CC(CC(C3)C1)C2)N1CCCN(Cc2ccccn2)CC1. The Hall–Kier alpha value is -1.42. The number of pyridine rings is 1. The molecule has 2 heterocycles. The number of aromatic nitrogens is 1. The van der Waals surface area contributed by atoms with Crippen LogP contribution in [0.15, 0.2) is 24.4 Å². The summed E-state index contributed by atoms with van der Waals surface area (Å²) in [6.45, 7) is 4.76. The largest absolute Gasteiger partial charge is 0.341 e. The zero-order valence-electron chi connectivity index (χ0n) is 16.5. The Kier molecular flexibility index (Phi) is 4.71. The second kappa shape index (κ2) is 7.20. The molecule has 5 aliphatic rings. The average molecular weight is 368 g/mol. The quantitative estimate of drug-likeness (QED) is 0.814. The average Bonchev–Trinajstić information content (AvgIpc) is 2.87. The van der Waals surface area contributed by atoms with E-state index in [9.17, 15) is 4.79 Å². The third-order valence-corrected chi connectivity index (χ3v) is 7.74. The number of carbonyl (C=O) groups excluding carboxylic acids is 1. The fraction of sp³-hybridized carbons (Fsp3) is 0.739. The van der Waals surface area contributed by atoms with Crippen LogP contribution >= 0.6 is 0 Å². The summed E-state index contributed by atoms with van der Waals surface area (Å²) in [6.07, 6.45) is 12.2. The minimum absolute atomic E-state index is 0.367. The molecular formula is C23H33N3O. The third-order valence-electron chi connectivity index (χ3n) is 7.74. The van der Waals surface area contributed by atoms with Gasteiger partial charge in [0.15, 0.2) is 0 Å². The van der Waals surface area contributed by atoms with Gasteiger partial charge in [-0.15, -0.1) is 0 Å². The van der Waals surface area contributed by atoms with Crippen LogP contribution in [-0.4, -0.2) is 46.9 Å². The fourth-order valence-electron chi connectivity index (χ4n) is 7.04. The van der Waals surface area contributed by atoms with E-state index in [1.165, 1.54) is 38.5 Å². The normalized spacial score (nSPS) is 36.0. The number of carbonyl (C=O) groups is 1. The Labute approximate surface area is 163 Å². The first kappa shape index (κ1) is 17.7. The summed E-state index contributed by atoms with van der Waals surface area (Å²) in [7, 11) is 0. The van der Waals surface area contributed by atoms with Gasteiger partial charge >= 0.3 is 0 Å². The van der Waals surface area contributed by atoms with E-state index in [1.807, 2.05) is 12.3 Å². The molecule has 0 aromatic carbocycles. The molecule has 4 heteroatoms. The van der Waals surface area contributed by atoms with Gasteiger partial charge in [-0.25, -0.2) is 0 Å². The molecule has 0 radical (unpaired) electrons. The highest BCUT2D eigenvalue weighted by Crippen LogP contribution is 2.61. The highest BCUT2D eigenvalue weighted by molar-refractivity contribution is 5.77. The molecule has 146 valence electrons. The van der Waals surface area contributed by atoms with Gasteiger partial charge < -0.3 is 4.90 Å². The van der Waals surface area contributed by atoms with Gasteiger partial charge in [0.05, 0.1) is 5.69 Å². The molecule has 4 bridgehead atoms. The molecule has 4 nitrogen and oxygen atoms in total. The summed E-state index contributed by atoms with van der Waals surface area (Å²) in [5.74, 6) is 3.24. The smallest absolute Gasteiger partial charge is 0.223 e. The van der Waals surface area contributed by atoms with E-state index < -0.39 is 0 Å². The topological polar surface area (TPSA) is 36.4 Å². The minimum Gasteiger partial charge on any atom is -0.341 e. The highest BCUT2D eigenvalue weighted by Gasteiger charge is 2.51. The lowest BCUT2D eigenvalue weighted by atomic mass is 9.49. The Bertz CT molecular complexity index is 638. The van der Waals surface area contributed by atoms with Gasteiger partial charge in [0.2, 0.25) is 5.91 Å². The Morgan fingerprint density at radius 2 is 1.74 bits per heavy atom. The molecule has 0 unspecified atom stereocenters. The predicted molar refractivity (Wildman–Crippen MR) is 106 cm³/mol. The molecule has 0 atom stereocenters. The van der Waals surface area contributed by atoms with E-state index in [-0.39, 0.29) is 0 Å². The summed E-state index contributed by atoms with van der Waals surface area (Å²) in [4.78, 5) is 22.3. The Balaban J connectivity index is 1.18. The summed E-state index contributed by atoms with van der Waals surface area (Å²) in [5.41, 5.74) is 1.50. The molecule has 1 aromatic heterocycles. The van der Waals surface area contributed by atoms with Crippen LogP contribution in [0.2, 0.25) is 0 Å². The van der Waals surface area contributed by atoms with Crippen LogP contribution in [0.1, 0.15) is 57.1 Å². The monoisotopic (exact) mass is 367 g/mol. The third kappa shape index (κ3) is 3.78. The van der Waals surface area contributed by atoms with Crippen LogP contribution in [0.25, 0.3) is 0 Å². The van der Waals surface area contributed by atoms with Crippen LogP contribution in [0.4, 0.5) is 0 Å². The van der Waals surface area contributed by atoms with Crippen molar-refractivity contribution in [1.29, 1.82) is 0 Å². The second-order valence-electron chi connectivity index (χ2n) is 9.93. The van der Waals surface area contributed by atoms with Gasteiger partial charge in [0, 0.05) is 45.3 Å². The summed E-state index contributed by atoms with van der Waals surface area (Å²) in [6, 6.07) is 6.12. The number of rotatable bonds is 4. The van der Waals surface area contributed by atoms with E-state index in [1.54, 1.807) is 0 Å². The molecule has 6 rings (SSSR count). The first-order chi connectivity index (χ1) is 13.2. The van der Waals surface area contributed by atoms with Gasteiger partial charge in [0.25, 0.3) is 0 Å². The number of hydrogen-bond acceptors (Lipinski definition) is 3. The van der Waals surface area contributed by atoms with Crippen LogP contribution in [-0.2, 0) is 11.3 Å². The van der Waals surface area contributed by atoms with Crippen molar-refractivity contribution in [2.24, 2.45) is 23.2 Å². The molecule has 4 saturated carbocycles. The van der Waals surface area contributed by atoms with Crippen molar-refractivity contribution in [2.75, 3.05) is 26.2 Å². The van der Waals surface area contributed by atoms with Crippen LogP contribution in [0, 0.1) is 23.2 Å². The lowest BCUT2D eigenvalue weighted by Gasteiger charge is -2.57. The maximum atomic E-state index is 13.2. The van der Waals surface area contributed by atoms with Crippen molar-refractivity contribution in [3.05, 3.63) is 30.1 Å². The van der Waals surface area contributed by atoms with Gasteiger partial charge in [-0.1, -0.05) is 6.07 Å². The molecular weight excluding hydrogens is 334 g/mol. The Morgan fingerprint density at radius 1 is 1.00 bits per heavy atom. The highest BCUT2D eigenvalue weighted by atomic mass is 16.2. The number of hydrogen-bond donors (Lipinski definition) is 0. The molecule has 1 saturated heterocycles. The van der Waals surface area contributed by atoms with E-state index >= 15 is 0 Å². The lowest BCUT2D eigenvalue weighted by molar-refractivity contribution is -0.139. The summed E-state index contributed by atoms with van der Waals surface area (Å²) in [5, 5.41) is 0. The number of amides is 1. The standard InChI is InChI=1S/C23H33N3O/c27-22(16-23-13-18-10-19(14-23)12-20(11-18)15-23)26-7-3-6-25(8-9-26)17-21-4-1-2-5-24-21/h1-2,4-5,18-20H,3,6-17H2. The van der Waals surface area contributed by atoms with Crippen LogP contribution in [0.3, 0.4) is 0 Å². The van der Waals surface area contributed by atoms with Crippen molar-refractivity contribution in [3.63, 3.8) is 0 Å². The number of nitrogens with zero attached hydrogens (tertiary/aromatic N) is 3. The minimum atomic E-state index is 0.367. The molecule has 1 aromatic rings. The van der Waals surface area contributed by atoms with Crippen molar-refractivity contribution >= 4 is 5.91 Å². The molecule has 1 aliphatic heterocycles.